The number of fused-ring (bicyclic) bond motifs is 18. The summed E-state index contributed by atoms with van der Waals surface area (Å²) in [6.07, 6.45) is 0. The fourth-order valence-corrected chi connectivity index (χ4v) is 22.5. The first-order valence-corrected chi connectivity index (χ1v) is 48.5. The van der Waals surface area contributed by atoms with Crippen molar-refractivity contribution < 1.29 is 13.3 Å². The molecule has 0 aliphatic rings. The third-order valence-electron chi connectivity index (χ3n) is 28.9. The molecule has 656 valence electrons. The van der Waals surface area contributed by atoms with Crippen molar-refractivity contribution in [3.05, 3.63) is 522 Å². The summed E-state index contributed by atoms with van der Waals surface area (Å²) in [6.45, 7) is 0. The van der Waals surface area contributed by atoms with Gasteiger partial charge in [-0.25, -0.2) is 0 Å². The first kappa shape index (κ1) is 82.0. The average molecular weight is 1790 g/mol. The lowest BCUT2D eigenvalue weighted by molar-refractivity contribution is 0.669. The monoisotopic (exact) mass is 1790 g/mol. The smallest absolute Gasteiger partial charge is 0.143 e. The molecule has 29 rings (SSSR count). The number of rotatable bonds is 11. The van der Waals surface area contributed by atoms with Crippen molar-refractivity contribution in [3.8, 4) is 122 Å². The minimum atomic E-state index is 0.888. The molecule has 0 saturated heterocycles. The Morgan fingerprint density at radius 2 is 0.440 bits per heavy atom. The number of hydrogen-bond acceptors (Lipinski definition) is 3. The van der Waals surface area contributed by atoms with E-state index in [9.17, 15) is 0 Å². The van der Waals surface area contributed by atoms with Gasteiger partial charge in [0.15, 0.2) is 0 Å². The molecule has 0 atom stereocenters. The van der Waals surface area contributed by atoms with Gasteiger partial charge >= 0.3 is 0 Å². The maximum Gasteiger partial charge on any atom is 0.143 e. The molecule has 0 bridgehead atoms. The minimum Gasteiger partial charge on any atom is -0.456 e. The largest absolute Gasteiger partial charge is 0.456 e. The molecule has 3 nitrogen and oxygen atoms in total. The second-order valence-electron chi connectivity index (χ2n) is 36.9. The lowest BCUT2D eigenvalue weighted by atomic mass is 9.84. The average Bonchev–Trinajstić information content (AvgIpc) is 1.67. The normalized spacial score (nSPS) is 11.7. The van der Waals surface area contributed by atoms with E-state index in [1.54, 1.807) is 0 Å². The predicted molar refractivity (Wildman–Crippen MR) is 599 cm³/mol. The highest BCUT2D eigenvalue weighted by Crippen LogP contribution is 2.53. The number of benzene rings is 26. The molecule has 26 aromatic carbocycles. The van der Waals surface area contributed by atoms with Crippen LogP contribution in [0.15, 0.2) is 535 Å². The Hall–Kier alpha value is -18.5. The Kier molecular flexibility index (Phi) is 20.0. The van der Waals surface area contributed by atoms with E-state index < -0.39 is 0 Å². The summed E-state index contributed by atoms with van der Waals surface area (Å²) in [5.74, 6) is 0. The summed E-state index contributed by atoms with van der Waals surface area (Å²) in [6, 6.07) is 188. The quantitative estimate of drug-likeness (QED) is 0.121. The molecular weight excluding hydrogens is 1710 g/mol. The van der Waals surface area contributed by atoms with Crippen molar-refractivity contribution in [2.24, 2.45) is 0 Å². The zero-order valence-electron chi connectivity index (χ0n) is 76.9. The topological polar surface area (TPSA) is 39.4 Å². The van der Waals surface area contributed by atoms with Crippen molar-refractivity contribution in [1.82, 2.24) is 0 Å². The summed E-state index contributed by atoms with van der Waals surface area (Å²) in [5, 5.41) is 29.0. The Morgan fingerprint density at radius 3 is 0.965 bits per heavy atom. The Labute approximate surface area is 814 Å². The first-order valence-electron chi connectivity index (χ1n) is 48.5. The van der Waals surface area contributed by atoms with E-state index in [4.69, 9.17) is 13.3 Å². The van der Waals surface area contributed by atoms with Crippen molar-refractivity contribution in [1.29, 1.82) is 0 Å². The van der Waals surface area contributed by atoms with Crippen LogP contribution in [-0.4, -0.2) is 0 Å². The van der Waals surface area contributed by atoms with Gasteiger partial charge in [0.05, 0.1) is 0 Å². The van der Waals surface area contributed by atoms with Crippen LogP contribution >= 0.6 is 0 Å². The van der Waals surface area contributed by atoms with Gasteiger partial charge in [-0.1, -0.05) is 449 Å². The lowest BCUT2D eigenvalue weighted by Crippen LogP contribution is -1.92. The van der Waals surface area contributed by atoms with Crippen LogP contribution in [0.3, 0.4) is 0 Å². The van der Waals surface area contributed by atoms with Gasteiger partial charge in [0.25, 0.3) is 0 Å². The van der Waals surface area contributed by atoms with Crippen LogP contribution in [0.25, 0.3) is 285 Å². The second kappa shape index (κ2) is 34.4. The van der Waals surface area contributed by atoms with E-state index in [1.165, 1.54) is 192 Å². The van der Waals surface area contributed by atoms with Crippen molar-refractivity contribution in [2.75, 3.05) is 0 Å². The number of furan rings is 3. The van der Waals surface area contributed by atoms with Crippen molar-refractivity contribution in [2.45, 2.75) is 0 Å². The summed E-state index contributed by atoms with van der Waals surface area (Å²) in [7, 11) is 0. The molecule has 0 radical (unpaired) electrons. The van der Waals surface area contributed by atoms with Crippen molar-refractivity contribution >= 4 is 163 Å². The van der Waals surface area contributed by atoms with Crippen LogP contribution < -0.4 is 0 Å². The van der Waals surface area contributed by atoms with Gasteiger partial charge in [-0.05, 0) is 281 Å². The maximum absolute atomic E-state index is 6.90. The molecule has 0 amide bonds. The van der Waals surface area contributed by atoms with Gasteiger partial charge < -0.3 is 13.3 Å². The van der Waals surface area contributed by atoms with Gasteiger partial charge in [0, 0.05) is 43.4 Å². The highest BCUT2D eigenvalue weighted by molar-refractivity contribution is 6.29. The molecule has 0 aliphatic heterocycles. The zero-order valence-corrected chi connectivity index (χ0v) is 76.9. The molecule has 0 spiro atoms. The fourth-order valence-electron chi connectivity index (χ4n) is 22.5. The van der Waals surface area contributed by atoms with Gasteiger partial charge in [0.2, 0.25) is 0 Å². The van der Waals surface area contributed by atoms with Gasteiger partial charge in [0.1, 0.15) is 33.5 Å². The fraction of sp³-hybridized carbons (Fsp3) is 0. The molecule has 0 aliphatic carbocycles. The van der Waals surface area contributed by atoms with E-state index in [0.29, 0.717) is 0 Å². The van der Waals surface area contributed by atoms with E-state index in [0.717, 1.165) is 93.6 Å². The van der Waals surface area contributed by atoms with Gasteiger partial charge in [-0.2, -0.15) is 0 Å². The van der Waals surface area contributed by atoms with E-state index in [-0.39, 0.29) is 0 Å². The summed E-state index contributed by atoms with van der Waals surface area (Å²) in [5.41, 5.74) is 32.0. The SMILES string of the molecule is c1ccc(-c2c3ccccc3c(-c3ccc(-c4ccccc4)c4oc5cc6ccccc6cc5c34)c3ccccc23)cc1.c1ccc(-c2ccc(-c3c4ccccc4c(-c4cc(-c5ccccc5)c5oc6cc(-c7cccc8ccccc78)ccc6c5c4)c4ccccc34)cc2)cc1.c1ccc(-c2ccc3oc4cc5ccc(-c6c7ccccc7c(-c7ccccc7)c7ccccc67)cc5cc4c3c2)cc1. The van der Waals surface area contributed by atoms with Gasteiger partial charge in [-0.15, -0.1) is 0 Å². The second-order valence-corrected chi connectivity index (χ2v) is 36.9. The molecule has 3 heteroatoms. The highest BCUT2D eigenvalue weighted by atomic mass is 16.3. The van der Waals surface area contributed by atoms with Gasteiger partial charge in [-0.3, -0.25) is 0 Å². The van der Waals surface area contributed by atoms with E-state index in [1.807, 2.05) is 0 Å². The van der Waals surface area contributed by atoms with Crippen LogP contribution in [0, 0.1) is 0 Å². The summed E-state index contributed by atoms with van der Waals surface area (Å²) < 4.78 is 20.1. The lowest BCUT2D eigenvalue weighted by Gasteiger charge is -2.18. The molecule has 0 unspecified atom stereocenters. The highest BCUT2D eigenvalue weighted by Gasteiger charge is 2.27. The summed E-state index contributed by atoms with van der Waals surface area (Å²) in [4.78, 5) is 0. The molecule has 0 fully saturated rings. The van der Waals surface area contributed by atoms with E-state index >= 15 is 0 Å². The third kappa shape index (κ3) is 14.2. The standard InChI is InChI=1S/C54H34O.2C42H26O/c1-3-14-35(15-4-1)36-26-28-39(29-27-36)52-45-21-9-11-23-47(45)53(48-24-12-10-22-46(48)52)41-32-49(38-16-5-2-6-17-38)54-50(33-41)44-31-30-40(34-51(44)55-54)43-25-13-19-37-18-7-8-20-42(37)43;1-3-11-27(12-4-1)29-21-22-39-37(24-29)38-25-32-23-31(20-19-30(32)26-40(38)43-39)42-35-17-9-7-15-33(35)41(28-13-5-2-6-14-28)34-16-8-10-18-36(34)42;1-3-13-27(14-4-1)31-23-24-36(41-37-25-29-17-7-8-18-30(29)26-38(37)43-42(31)41)40-34-21-11-9-19-32(34)39(28-15-5-2-6-16-28)33-20-10-12-22-35(33)40/h1-34H;2*1-26H. The van der Waals surface area contributed by atoms with Crippen molar-refractivity contribution in [3.63, 3.8) is 0 Å². The molecule has 0 saturated carbocycles. The Bertz CT molecular complexity index is 9840. The predicted octanol–water partition coefficient (Wildman–Crippen LogP) is 39.5. The molecule has 3 heterocycles. The number of hydrogen-bond donors (Lipinski definition) is 0. The zero-order chi connectivity index (χ0) is 93.0. The first-order chi connectivity index (χ1) is 69.9. The summed E-state index contributed by atoms with van der Waals surface area (Å²) >= 11 is 0. The third-order valence-corrected chi connectivity index (χ3v) is 28.9. The van der Waals surface area contributed by atoms with Crippen LogP contribution in [0.4, 0.5) is 0 Å². The van der Waals surface area contributed by atoms with Crippen LogP contribution in [0.5, 0.6) is 0 Å². The van der Waals surface area contributed by atoms with Crippen LogP contribution in [-0.2, 0) is 0 Å². The molecule has 0 N–H and O–H groups in total. The molecular formula is C138H86O3. The molecule has 29 aromatic rings. The maximum atomic E-state index is 6.90. The van der Waals surface area contributed by atoms with E-state index in [2.05, 4.69) is 522 Å². The Balaban J connectivity index is 0.000000107. The molecule has 141 heavy (non-hydrogen) atoms. The Morgan fingerprint density at radius 1 is 0.106 bits per heavy atom. The minimum absolute atomic E-state index is 0.888. The van der Waals surface area contributed by atoms with Crippen LogP contribution in [0.2, 0.25) is 0 Å². The van der Waals surface area contributed by atoms with Crippen LogP contribution in [0.1, 0.15) is 0 Å². The molecule has 3 aromatic heterocycles.